The van der Waals surface area contributed by atoms with E-state index in [0.717, 1.165) is 12.0 Å². The van der Waals surface area contributed by atoms with Gasteiger partial charge in [-0.05, 0) is 17.6 Å². The van der Waals surface area contributed by atoms with Gasteiger partial charge in [-0.1, -0.05) is 30.3 Å². The Bertz CT molecular complexity index is 338. The van der Waals surface area contributed by atoms with Crippen molar-refractivity contribution in [3.8, 4) is 0 Å². The van der Waals surface area contributed by atoms with E-state index in [1.54, 1.807) is 6.26 Å². The van der Waals surface area contributed by atoms with Gasteiger partial charge in [0.05, 0.1) is 12.7 Å². The minimum Gasteiger partial charge on any atom is -0.434 e. The molecule has 1 aromatic carbocycles. The lowest BCUT2D eigenvalue weighted by Crippen LogP contribution is -1.93. The summed E-state index contributed by atoms with van der Waals surface area (Å²) < 4.78 is 4.74. The largest absolute Gasteiger partial charge is 0.434 e. The molecule has 0 radical (unpaired) electrons. The van der Waals surface area contributed by atoms with Gasteiger partial charge in [-0.15, -0.1) is 0 Å². The number of benzene rings is 1. The monoisotopic (exact) mass is 174 g/mol. The average molecular weight is 174 g/mol. The van der Waals surface area contributed by atoms with Crippen LogP contribution in [-0.2, 0) is 16.0 Å². The molecule has 0 unspecified atom stereocenters. The summed E-state index contributed by atoms with van der Waals surface area (Å²) in [6, 6.07) is 10.1. The summed E-state index contributed by atoms with van der Waals surface area (Å²) in [5.74, 6) is -0.147. The number of carbonyl (C=O) groups excluding carboxylic acids is 1. The predicted molar refractivity (Wildman–Crippen MR) is 48.9 cm³/mol. The van der Waals surface area contributed by atoms with Gasteiger partial charge < -0.3 is 4.74 Å². The Morgan fingerprint density at radius 3 is 2.62 bits per heavy atom. The molecule has 0 aromatic heterocycles. The van der Waals surface area contributed by atoms with E-state index in [1.165, 1.54) is 5.56 Å². The highest BCUT2D eigenvalue weighted by molar-refractivity contribution is 5.75. The Kier molecular flexibility index (Phi) is 2.13. The third kappa shape index (κ3) is 1.96. The molecule has 0 aliphatic carbocycles. The van der Waals surface area contributed by atoms with Crippen LogP contribution in [0.3, 0.4) is 0 Å². The van der Waals surface area contributed by atoms with Gasteiger partial charge >= 0.3 is 5.97 Å². The van der Waals surface area contributed by atoms with E-state index in [9.17, 15) is 4.79 Å². The molecule has 2 nitrogen and oxygen atoms in total. The molecule has 0 N–H and O–H groups in total. The summed E-state index contributed by atoms with van der Waals surface area (Å²) in [5.41, 5.74) is 2.27. The molecule has 0 saturated heterocycles. The van der Waals surface area contributed by atoms with Crippen molar-refractivity contribution >= 4 is 5.97 Å². The summed E-state index contributed by atoms with van der Waals surface area (Å²) in [4.78, 5) is 10.8. The van der Waals surface area contributed by atoms with Crippen LogP contribution in [0.5, 0.6) is 0 Å². The van der Waals surface area contributed by atoms with Crippen molar-refractivity contribution in [2.24, 2.45) is 0 Å². The summed E-state index contributed by atoms with van der Waals surface area (Å²) in [6.45, 7) is 0. The lowest BCUT2D eigenvalue weighted by molar-refractivity contribution is -0.135. The molecule has 13 heavy (non-hydrogen) atoms. The standard InChI is InChI=1S/C11H10O2/c12-11-7-10(8-13-11)6-9-4-2-1-3-5-9/h1-5,8H,6-7H2. The Hall–Kier alpha value is -1.57. The third-order valence-electron chi connectivity index (χ3n) is 2.00. The fourth-order valence-corrected chi connectivity index (χ4v) is 1.38. The lowest BCUT2D eigenvalue weighted by atomic mass is 10.1. The molecule has 1 aliphatic heterocycles. The summed E-state index contributed by atoms with van der Waals surface area (Å²) >= 11 is 0. The van der Waals surface area contributed by atoms with Crippen molar-refractivity contribution < 1.29 is 9.53 Å². The first-order valence-corrected chi connectivity index (χ1v) is 4.26. The fourth-order valence-electron chi connectivity index (χ4n) is 1.38. The van der Waals surface area contributed by atoms with Gasteiger partial charge in [0.1, 0.15) is 0 Å². The van der Waals surface area contributed by atoms with Crippen LogP contribution in [0.15, 0.2) is 42.2 Å². The highest BCUT2D eigenvalue weighted by atomic mass is 16.5. The maximum absolute atomic E-state index is 10.8. The van der Waals surface area contributed by atoms with Gasteiger partial charge in [-0.25, -0.2) is 0 Å². The average Bonchev–Trinajstić information content (AvgIpc) is 2.53. The molecule has 66 valence electrons. The van der Waals surface area contributed by atoms with E-state index in [1.807, 2.05) is 30.3 Å². The molecule has 0 amide bonds. The van der Waals surface area contributed by atoms with Crippen LogP contribution in [0.2, 0.25) is 0 Å². The van der Waals surface area contributed by atoms with Crippen LogP contribution in [-0.4, -0.2) is 5.97 Å². The van der Waals surface area contributed by atoms with Gasteiger partial charge in [-0.2, -0.15) is 0 Å². The molecule has 0 bridgehead atoms. The summed E-state index contributed by atoms with van der Waals surface area (Å²) in [5, 5.41) is 0. The molecule has 0 fully saturated rings. The number of esters is 1. The molecule has 1 aromatic rings. The van der Waals surface area contributed by atoms with Crippen LogP contribution < -0.4 is 0 Å². The van der Waals surface area contributed by atoms with Crippen LogP contribution in [0.1, 0.15) is 12.0 Å². The molecule has 0 atom stereocenters. The van der Waals surface area contributed by atoms with Gasteiger partial charge in [0.2, 0.25) is 0 Å². The van der Waals surface area contributed by atoms with Crippen molar-refractivity contribution in [3.05, 3.63) is 47.7 Å². The molecular weight excluding hydrogens is 164 g/mol. The van der Waals surface area contributed by atoms with Crippen LogP contribution >= 0.6 is 0 Å². The lowest BCUT2D eigenvalue weighted by Gasteiger charge is -1.98. The number of cyclic esters (lactones) is 1. The number of rotatable bonds is 2. The topological polar surface area (TPSA) is 26.3 Å². The van der Waals surface area contributed by atoms with Crippen LogP contribution in [0, 0.1) is 0 Å². The highest BCUT2D eigenvalue weighted by Gasteiger charge is 2.14. The Morgan fingerprint density at radius 2 is 2.00 bits per heavy atom. The second-order valence-corrected chi connectivity index (χ2v) is 3.11. The maximum atomic E-state index is 10.8. The minimum atomic E-state index is -0.147. The van der Waals surface area contributed by atoms with Gasteiger partial charge in [0, 0.05) is 0 Å². The van der Waals surface area contributed by atoms with Crippen molar-refractivity contribution in [3.63, 3.8) is 0 Å². The van der Waals surface area contributed by atoms with Gasteiger partial charge in [0.15, 0.2) is 0 Å². The maximum Gasteiger partial charge on any atom is 0.314 e. The molecule has 2 rings (SSSR count). The zero-order valence-electron chi connectivity index (χ0n) is 7.19. The van der Waals surface area contributed by atoms with Crippen molar-refractivity contribution in [1.29, 1.82) is 0 Å². The molecule has 0 saturated carbocycles. The molecule has 1 aliphatic rings. The van der Waals surface area contributed by atoms with Gasteiger partial charge in [-0.3, -0.25) is 4.79 Å². The van der Waals surface area contributed by atoms with E-state index in [4.69, 9.17) is 4.74 Å². The number of hydrogen-bond donors (Lipinski definition) is 0. The normalized spacial score (nSPS) is 15.4. The minimum absolute atomic E-state index is 0.147. The second kappa shape index (κ2) is 3.44. The second-order valence-electron chi connectivity index (χ2n) is 3.11. The molecular formula is C11H10O2. The van der Waals surface area contributed by atoms with Crippen molar-refractivity contribution in [1.82, 2.24) is 0 Å². The van der Waals surface area contributed by atoms with Crippen molar-refractivity contribution in [2.75, 3.05) is 0 Å². The highest BCUT2D eigenvalue weighted by Crippen LogP contribution is 2.16. The quantitative estimate of drug-likeness (QED) is 0.641. The molecule has 1 heterocycles. The Balaban J connectivity index is 2.04. The Morgan fingerprint density at radius 1 is 1.23 bits per heavy atom. The first-order valence-electron chi connectivity index (χ1n) is 4.26. The van der Waals surface area contributed by atoms with E-state index in [-0.39, 0.29) is 5.97 Å². The molecule has 0 spiro atoms. The Labute approximate surface area is 76.8 Å². The summed E-state index contributed by atoms with van der Waals surface area (Å²) in [7, 11) is 0. The number of hydrogen-bond acceptors (Lipinski definition) is 2. The smallest absolute Gasteiger partial charge is 0.314 e. The first-order chi connectivity index (χ1) is 6.34. The van der Waals surface area contributed by atoms with Gasteiger partial charge in [0.25, 0.3) is 0 Å². The number of carbonyl (C=O) groups is 1. The predicted octanol–water partition coefficient (Wildman–Crippen LogP) is 2.06. The van der Waals surface area contributed by atoms with E-state index in [0.29, 0.717) is 6.42 Å². The van der Waals surface area contributed by atoms with Crippen LogP contribution in [0.4, 0.5) is 0 Å². The SMILES string of the molecule is O=C1CC(Cc2ccccc2)=CO1. The molecule has 2 heteroatoms. The summed E-state index contributed by atoms with van der Waals surface area (Å²) in [6.07, 6.45) is 2.82. The third-order valence-corrected chi connectivity index (χ3v) is 2.00. The number of ether oxygens (including phenoxy) is 1. The van der Waals surface area contributed by atoms with Crippen molar-refractivity contribution in [2.45, 2.75) is 12.8 Å². The van der Waals surface area contributed by atoms with E-state index >= 15 is 0 Å². The zero-order chi connectivity index (χ0) is 9.10. The van der Waals surface area contributed by atoms with E-state index in [2.05, 4.69) is 0 Å². The van der Waals surface area contributed by atoms with E-state index < -0.39 is 0 Å². The zero-order valence-corrected chi connectivity index (χ0v) is 7.19. The fraction of sp³-hybridized carbons (Fsp3) is 0.182. The first kappa shape index (κ1) is 8.05. The van der Waals surface area contributed by atoms with Crippen LogP contribution in [0.25, 0.3) is 0 Å².